The molecule has 1 aliphatic rings. The molecule has 1 atom stereocenters. The molecule has 2 aromatic carbocycles. The number of hydrogen-bond acceptors (Lipinski definition) is 5. The van der Waals surface area contributed by atoms with Crippen LogP contribution in [0.3, 0.4) is 0 Å². The number of nitrogens with one attached hydrogen (secondary N) is 3. The van der Waals surface area contributed by atoms with Gasteiger partial charge in [0.05, 0.1) is 25.3 Å². The Kier molecular flexibility index (Phi) is 8.88. The van der Waals surface area contributed by atoms with Crippen LogP contribution in [0.5, 0.6) is 5.75 Å². The molecule has 0 saturated heterocycles. The van der Waals surface area contributed by atoms with E-state index in [1.807, 2.05) is 44.2 Å². The molecule has 0 aliphatic carbocycles. The maximum atomic E-state index is 12.7. The molecule has 0 spiro atoms. The van der Waals surface area contributed by atoms with Gasteiger partial charge in [0.2, 0.25) is 5.91 Å². The molecule has 3 amide bonds. The van der Waals surface area contributed by atoms with E-state index >= 15 is 0 Å². The Labute approximate surface area is 210 Å². The maximum absolute atomic E-state index is 12.7. The van der Waals surface area contributed by atoms with Gasteiger partial charge in [0, 0.05) is 18.1 Å². The van der Waals surface area contributed by atoms with Crippen LogP contribution in [0.15, 0.2) is 78.7 Å². The minimum absolute atomic E-state index is 0.102. The van der Waals surface area contributed by atoms with Gasteiger partial charge >= 0.3 is 12.0 Å². The summed E-state index contributed by atoms with van der Waals surface area (Å²) in [5.74, 6) is -0.731. The lowest BCUT2D eigenvalue weighted by atomic mass is 10.1. The van der Waals surface area contributed by atoms with E-state index in [1.165, 1.54) is 7.11 Å². The van der Waals surface area contributed by atoms with Crippen molar-refractivity contribution in [2.45, 2.75) is 26.3 Å². The highest BCUT2D eigenvalue weighted by Crippen LogP contribution is 2.26. The third kappa shape index (κ3) is 7.49. The number of aliphatic carboxylic acids is 1. The fraction of sp³-hybridized carbons (Fsp3) is 0.222. The highest BCUT2D eigenvalue weighted by molar-refractivity contribution is 6.01. The smallest absolute Gasteiger partial charge is 0.323 e. The second-order valence-electron chi connectivity index (χ2n) is 8.29. The van der Waals surface area contributed by atoms with Crippen LogP contribution in [-0.2, 0) is 16.0 Å². The predicted octanol–water partition coefficient (Wildman–Crippen LogP) is 4.05. The van der Waals surface area contributed by atoms with E-state index < -0.39 is 12.0 Å². The van der Waals surface area contributed by atoms with Crippen LogP contribution in [0.25, 0.3) is 0 Å². The monoisotopic (exact) mass is 490 g/mol. The fourth-order valence-electron chi connectivity index (χ4n) is 3.61. The first-order valence-electron chi connectivity index (χ1n) is 11.4. The third-order valence-corrected chi connectivity index (χ3v) is 5.46. The molecule has 2 aromatic rings. The summed E-state index contributed by atoms with van der Waals surface area (Å²) in [7, 11) is 1.49. The average Bonchev–Trinajstić information content (AvgIpc) is 3.06. The van der Waals surface area contributed by atoms with E-state index in [4.69, 9.17) is 9.84 Å². The van der Waals surface area contributed by atoms with Gasteiger partial charge in [-0.15, -0.1) is 0 Å². The van der Waals surface area contributed by atoms with Crippen LogP contribution in [0.1, 0.15) is 18.1 Å². The second kappa shape index (κ2) is 12.3. The van der Waals surface area contributed by atoms with E-state index in [0.717, 1.165) is 11.1 Å². The first-order valence-corrected chi connectivity index (χ1v) is 11.4. The fourth-order valence-corrected chi connectivity index (χ4v) is 3.61. The molecule has 36 heavy (non-hydrogen) atoms. The number of amides is 3. The topological polar surface area (TPSA) is 120 Å². The van der Waals surface area contributed by atoms with Crippen molar-refractivity contribution in [1.29, 1.82) is 0 Å². The lowest BCUT2D eigenvalue weighted by Gasteiger charge is -2.19. The molecule has 1 heterocycles. The third-order valence-electron chi connectivity index (χ3n) is 5.46. The second-order valence-corrected chi connectivity index (χ2v) is 8.29. The van der Waals surface area contributed by atoms with Gasteiger partial charge in [-0.25, -0.2) is 4.79 Å². The molecular weight excluding hydrogens is 460 g/mol. The van der Waals surface area contributed by atoms with E-state index in [0.29, 0.717) is 22.7 Å². The standard InChI is InChI=1S/C27H30N4O5/c1-18-8-4-5-10-22(18)29-27(35)30-23-12-11-20(14-24(23)36-3)15-25(32)28-19(2)21-9-6-7-13-31(16-21)17-26(33)34/h4-14,16,19H,15,17H2,1-3H3,(H,28,32)(H,33,34)(H2,29,30,35). The SMILES string of the molecule is COc1cc(CC(=O)NC(C)C2=CN(CC(=O)O)C=CC=C2)ccc1NC(=O)Nc1ccccc1C. The summed E-state index contributed by atoms with van der Waals surface area (Å²) in [5.41, 5.74) is 3.60. The van der Waals surface area contributed by atoms with Gasteiger partial charge < -0.3 is 30.7 Å². The van der Waals surface area contributed by atoms with Gasteiger partial charge in [0.1, 0.15) is 12.3 Å². The van der Waals surface area contributed by atoms with Crippen LogP contribution in [0.2, 0.25) is 0 Å². The van der Waals surface area contributed by atoms with Gasteiger partial charge in [-0.3, -0.25) is 9.59 Å². The van der Waals surface area contributed by atoms with Crippen molar-refractivity contribution in [3.8, 4) is 5.75 Å². The van der Waals surface area contributed by atoms with Gasteiger partial charge in [-0.1, -0.05) is 36.4 Å². The number of carbonyl (C=O) groups is 3. The Morgan fingerprint density at radius 1 is 1.06 bits per heavy atom. The summed E-state index contributed by atoms with van der Waals surface area (Å²) in [6.07, 6.45) is 8.82. The van der Waals surface area contributed by atoms with Gasteiger partial charge in [-0.2, -0.15) is 0 Å². The number of allylic oxidation sites excluding steroid dienone is 2. The molecule has 9 heteroatoms. The van der Waals surface area contributed by atoms with E-state index in [-0.39, 0.29) is 24.9 Å². The number of carboxylic acid groups (broad SMARTS) is 1. The first kappa shape index (κ1) is 26.1. The van der Waals surface area contributed by atoms with Crippen molar-refractivity contribution >= 4 is 29.3 Å². The number of rotatable bonds is 9. The van der Waals surface area contributed by atoms with Crippen molar-refractivity contribution in [3.05, 3.63) is 89.8 Å². The van der Waals surface area contributed by atoms with Crippen molar-refractivity contribution in [1.82, 2.24) is 10.2 Å². The number of anilines is 2. The molecule has 0 saturated carbocycles. The number of urea groups is 1. The summed E-state index contributed by atoms with van der Waals surface area (Å²) in [4.78, 5) is 37.7. The Bertz CT molecular complexity index is 1220. The lowest BCUT2D eigenvalue weighted by Crippen LogP contribution is -2.35. The van der Waals surface area contributed by atoms with Gasteiger partial charge in [0.25, 0.3) is 0 Å². The number of ether oxygens (including phenoxy) is 1. The number of carboxylic acids is 1. The number of carbonyl (C=O) groups excluding carboxylic acids is 2. The Hall–Kier alpha value is -4.53. The van der Waals surface area contributed by atoms with Crippen LogP contribution in [0.4, 0.5) is 16.2 Å². The largest absolute Gasteiger partial charge is 0.495 e. The normalized spacial score (nSPS) is 13.3. The van der Waals surface area contributed by atoms with Crippen LogP contribution < -0.4 is 20.7 Å². The summed E-state index contributed by atoms with van der Waals surface area (Å²) >= 11 is 0. The van der Waals surface area contributed by atoms with Gasteiger partial charge in [0.15, 0.2) is 0 Å². The first-order chi connectivity index (χ1) is 17.2. The van der Waals surface area contributed by atoms with Crippen LogP contribution >= 0.6 is 0 Å². The van der Waals surface area contributed by atoms with E-state index in [1.54, 1.807) is 47.7 Å². The maximum Gasteiger partial charge on any atom is 0.323 e. The Morgan fingerprint density at radius 3 is 2.53 bits per heavy atom. The number of nitrogens with zero attached hydrogens (tertiary/aromatic N) is 1. The van der Waals surface area contributed by atoms with Gasteiger partial charge in [-0.05, 0) is 54.8 Å². The molecule has 1 aliphatic heterocycles. The zero-order valence-electron chi connectivity index (χ0n) is 20.4. The molecule has 9 nitrogen and oxygen atoms in total. The van der Waals surface area contributed by atoms with Crippen molar-refractivity contribution in [2.75, 3.05) is 24.3 Å². The molecule has 0 fully saturated rings. The van der Waals surface area contributed by atoms with E-state index in [9.17, 15) is 14.4 Å². The molecular formula is C27H30N4O5. The van der Waals surface area contributed by atoms with E-state index in [2.05, 4.69) is 16.0 Å². The van der Waals surface area contributed by atoms with Crippen molar-refractivity contribution in [3.63, 3.8) is 0 Å². The Balaban J connectivity index is 1.61. The zero-order chi connectivity index (χ0) is 26.1. The molecule has 188 valence electrons. The number of methoxy groups -OCH3 is 1. The number of para-hydroxylation sites is 1. The highest BCUT2D eigenvalue weighted by atomic mass is 16.5. The summed E-state index contributed by atoms with van der Waals surface area (Å²) in [5, 5.41) is 17.6. The summed E-state index contributed by atoms with van der Waals surface area (Å²) < 4.78 is 5.42. The Morgan fingerprint density at radius 2 is 1.81 bits per heavy atom. The van der Waals surface area contributed by atoms with Crippen molar-refractivity contribution in [2.24, 2.45) is 0 Å². The molecule has 1 unspecified atom stereocenters. The molecule has 4 N–H and O–H groups in total. The number of aryl methyl sites for hydroxylation is 1. The number of benzene rings is 2. The minimum Gasteiger partial charge on any atom is -0.495 e. The molecule has 0 bridgehead atoms. The molecule has 3 rings (SSSR count). The summed E-state index contributed by atoms with van der Waals surface area (Å²) in [6.45, 7) is 3.56. The molecule has 0 radical (unpaired) electrons. The molecule has 0 aromatic heterocycles. The lowest BCUT2D eigenvalue weighted by molar-refractivity contribution is -0.137. The van der Waals surface area contributed by atoms with Crippen LogP contribution in [-0.4, -0.2) is 47.6 Å². The zero-order valence-corrected chi connectivity index (χ0v) is 20.4. The van der Waals surface area contributed by atoms with Crippen molar-refractivity contribution < 1.29 is 24.2 Å². The number of hydrogen-bond donors (Lipinski definition) is 4. The highest BCUT2D eigenvalue weighted by Gasteiger charge is 2.15. The predicted molar refractivity (Wildman–Crippen MR) is 139 cm³/mol. The quantitative estimate of drug-likeness (QED) is 0.421. The van der Waals surface area contributed by atoms with Crippen LogP contribution in [0, 0.1) is 6.92 Å². The summed E-state index contributed by atoms with van der Waals surface area (Å²) in [6, 6.07) is 11.9. The average molecular weight is 491 g/mol. The minimum atomic E-state index is -0.951.